The van der Waals surface area contributed by atoms with Crippen molar-refractivity contribution in [3.63, 3.8) is 0 Å². The number of benzene rings is 1. The number of rotatable bonds is 3. The van der Waals surface area contributed by atoms with Gasteiger partial charge in [0.1, 0.15) is 10.7 Å². The Morgan fingerprint density at radius 2 is 2.26 bits per heavy atom. The van der Waals surface area contributed by atoms with E-state index in [9.17, 15) is 10.1 Å². The summed E-state index contributed by atoms with van der Waals surface area (Å²) in [5, 5.41) is 14.5. The van der Waals surface area contributed by atoms with Gasteiger partial charge < -0.3 is 10.2 Å². The predicted octanol–water partition coefficient (Wildman–Crippen LogP) is 3.14. The summed E-state index contributed by atoms with van der Waals surface area (Å²) < 4.78 is 0. The molecule has 1 aromatic rings. The molecule has 0 amide bonds. The van der Waals surface area contributed by atoms with Crippen LogP contribution in [-0.4, -0.2) is 35.5 Å². The average Bonchev–Trinajstić information content (AvgIpc) is 2.33. The molecule has 0 saturated carbocycles. The van der Waals surface area contributed by atoms with E-state index in [0.717, 1.165) is 19.4 Å². The number of nitrogens with zero attached hydrogens (tertiary/aromatic N) is 2. The van der Waals surface area contributed by atoms with E-state index in [1.807, 2.05) is 0 Å². The van der Waals surface area contributed by atoms with Crippen molar-refractivity contribution < 1.29 is 4.92 Å². The molecular weight excluding hydrogens is 266 g/mol. The van der Waals surface area contributed by atoms with Crippen LogP contribution in [0.25, 0.3) is 0 Å². The molecule has 2 unspecified atom stereocenters. The van der Waals surface area contributed by atoms with E-state index in [0.29, 0.717) is 11.7 Å². The van der Waals surface area contributed by atoms with E-state index in [4.69, 9.17) is 11.6 Å². The summed E-state index contributed by atoms with van der Waals surface area (Å²) in [6.07, 6.45) is 1.95. The summed E-state index contributed by atoms with van der Waals surface area (Å²) >= 11 is 5.90. The maximum absolute atomic E-state index is 11.1. The lowest BCUT2D eigenvalue weighted by atomic mass is 9.98. The van der Waals surface area contributed by atoms with Gasteiger partial charge in [0.2, 0.25) is 0 Å². The van der Waals surface area contributed by atoms with E-state index in [1.54, 1.807) is 18.2 Å². The Morgan fingerprint density at radius 1 is 1.53 bits per heavy atom. The van der Waals surface area contributed by atoms with Gasteiger partial charge >= 0.3 is 5.69 Å². The zero-order valence-electron chi connectivity index (χ0n) is 11.1. The molecule has 104 valence electrons. The molecule has 1 aliphatic heterocycles. The standard InChI is InChI=1S/C13H18ClN3O2/c1-9-8-10(6-7-16(9)2)15-12-5-3-4-11(14)13(12)17(18)19/h3-5,9-10,15H,6-8H2,1-2H3. The minimum absolute atomic E-state index is 0.0317. The molecule has 0 aromatic heterocycles. The lowest BCUT2D eigenvalue weighted by Gasteiger charge is -2.35. The van der Waals surface area contributed by atoms with Gasteiger partial charge in [-0.3, -0.25) is 10.1 Å². The Kier molecular flexibility index (Phi) is 4.27. The van der Waals surface area contributed by atoms with Gasteiger partial charge in [0.15, 0.2) is 0 Å². The van der Waals surface area contributed by atoms with Crippen LogP contribution in [-0.2, 0) is 0 Å². The molecule has 1 aliphatic rings. The molecule has 0 aliphatic carbocycles. The summed E-state index contributed by atoms with van der Waals surface area (Å²) in [7, 11) is 2.10. The highest BCUT2D eigenvalue weighted by Crippen LogP contribution is 2.33. The maximum atomic E-state index is 11.1. The summed E-state index contributed by atoms with van der Waals surface area (Å²) in [5.41, 5.74) is 0.481. The SMILES string of the molecule is CC1CC(Nc2cccc(Cl)c2[N+](=O)[O-])CCN1C. The van der Waals surface area contributed by atoms with Crippen molar-refractivity contribution >= 4 is 23.0 Å². The zero-order chi connectivity index (χ0) is 14.0. The van der Waals surface area contributed by atoms with Crippen molar-refractivity contribution in [2.75, 3.05) is 18.9 Å². The number of hydrogen-bond donors (Lipinski definition) is 1. The number of likely N-dealkylation sites (tertiary alicyclic amines) is 1. The third-order valence-electron chi connectivity index (χ3n) is 3.74. The molecule has 1 fully saturated rings. The quantitative estimate of drug-likeness (QED) is 0.684. The van der Waals surface area contributed by atoms with Crippen molar-refractivity contribution in [2.24, 2.45) is 0 Å². The number of nitrogens with one attached hydrogen (secondary N) is 1. The molecule has 0 radical (unpaired) electrons. The van der Waals surface area contributed by atoms with Crippen LogP contribution in [0.4, 0.5) is 11.4 Å². The van der Waals surface area contributed by atoms with Crippen LogP contribution < -0.4 is 5.32 Å². The molecule has 19 heavy (non-hydrogen) atoms. The molecule has 1 N–H and O–H groups in total. The molecule has 0 spiro atoms. The Bertz CT molecular complexity index is 481. The van der Waals surface area contributed by atoms with Crippen molar-refractivity contribution in [3.8, 4) is 0 Å². The monoisotopic (exact) mass is 283 g/mol. The topological polar surface area (TPSA) is 58.4 Å². The van der Waals surface area contributed by atoms with Crippen LogP contribution in [0.3, 0.4) is 0 Å². The lowest BCUT2D eigenvalue weighted by molar-refractivity contribution is -0.383. The third-order valence-corrected chi connectivity index (χ3v) is 4.04. The second kappa shape index (κ2) is 5.75. The largest absolute Gasteiger partial charge is 0.377 e. The van der Waals surface area contributed by atoms with Crippen LogP contribution in [0, 0.1) is 10.1 Å². The molecule has 1 heterocycles. The second-order valence-corrected chi connectivity index (χ2v) is 5.50. The summed E-state index contributed by atoms with van der Waals surface area (Å²) in [6.45, 7) is 3.16. The van der Waals surface area contributed by atoms with E-state index in [-0.39, 0.29) is 16.8 Å². The van der Waals surface area contributed by atoms with E-state index >= 15 is 0 Å². The highest BCUT2D eigenvalue weighted by molar-refractivity contribution is 6.33. The Hall–Kier alpha value is -1.33. The molecule has 2 atom stereocenters. The molecule has 1 saturated heterocycles. The van der Waals surface area contributed by atoms with Crippen molar-refractivity contribution in [1.82, 2.24) is 4.90 Å². The van der Waals surface area contributed by atoms with Crippen LogP contribution >= 0.6 is 11.6 Å². The normalized spacial score (nSPS) is 24.2. The molecule has 0 bridgehead atoms. The van der Waals surface area contributed by atoms with Gasteiger partial charge in [-0.25, -0.2) is 0 Å². The number of nitro groups is 1. The van der Waals surface area contributed by atoms with Gasteiger partial charge in [-0.2, -0.15) is 0 Å². The first-order valence-electron chi connectivity index (χ1n) is 6.38. The van der Waals surface area contributed by atoms with Crippen LogP contribution in [0.2, 0.25) is 5.02 Å². The zero-order valence-corrected chi connectivity index (χ0v) is 11.9. The Labute approximate surface area is 117 Å². The first kappa shape index (κ1) is 14.1. The molecular formula is C13H18ClN3O2. The molecule has 2 rings (SSSR count). The second-order valence-electron chi connectivity index (χ2n) is 5.09. The fourth-order valence-corrected chi connectivity index (χ4v) is 2.70. The highest BCUT2D eigenvalue weighted by atomic mass is 35.5. The Morgan fingerprint density at radius 3 is 2.89 bits per heavy atom. The first-order valence-corrected chi connectivity index (χ1v) is 6.76. The van der Waals surface area contributed by atoms with E-state index < -0.39 is 4.92 Å². The van der Waals surface area contributed by atoms with Crippen molar-refractivity contribution in [2.45, 2.75) is 31.8 Å². The smallest absolute Gasteiger partial charge is 0.310 e. The van der Waals surface area contributed by atoms with Crippen LogP contribution in [0.1, 0.15) is 19.8 Å². The van der Waals surface area contributed by atoms with Crippen molar-refractivity contribution in [1.29, 1.82) is 0 Å². The van der Waals surface area contributed by atoms with Crippen LogP contribution in [0.5, 0.6) is 0 Å². The van der Waals surface area contributed by atoms with Gasteiger partial charge in [0.05, 0.1) is 4.92 Å². The van der Waals surface area contributed by atoms with Gasteiger partial charge in [-0.1, -0.05) is 17.7 Å². The maximum Gasteiger partial charge on any atom is 0.310 e. The van der Waals surface area contributed by atoms with Gasteiger partial charge in [0.25, 0.3) is 0 Å². The third kappa shape index (κ3) is 3.16. The number of halogens is 1. The van der Waals surface area contributed by atoms with Crippen LogP contribution in [0.15, 0.2) is 18.2 Å². The van der Waals surface area contributed by atoms with E-state index in [2.05, 4.69) is 24.2 Å². The lowest BCUT2D eigenvalue weighted by Crippen LogP contribution is -2.42. The first-order chi connectivity index (χ1) is 8.99. The number of piperidine rings is 1. The molecule has 6 heteroatoms. The highest BCUT2D eigenvalue weighted by Gasteiger charge is 2.25. The average molecular weight is 284 g/mol. The predicted molar refractivity (Wildman–Crippen MR) is 76.8 cm³/mol. The minimum atomic E-state index is -0.428. The number of para-hydroxylation sites is 1. The minimum Gasteiger partial charge on any atom is -0.377 e. The summed E-state index contributed by atoms with van der Waals surface area (Å²) in [6, 6.07) is 5.72. The summed E-state index contributed by atoms with van der Waals surface area (Å²) in [4.78, 5) is 12.9. The number of anilines is 1. The summed E-state index contributed by atoms with van der Waals surface area (Å²) in [5.74, 6) is 0. The fraction of sp³-hybridized carbons (Fsp3) is 0.538. The van der Waals surface area contributed by atoms with Gasteiger partial charge in [0, 0.05) is 18.6 Å². The van der Waals surface area contributed by atoms with Crippen molar-refractivity contribution in [3.05, 3.63) is 33.3 Å². The Balaban J connectivity index is 2.15. The van der Waals surface area contributed by atoms with E-state index in [1.165, 1.54) is 0 Å². The number of hydrogen-bond acceptors (Lipinski definition) is 4. The van der Waals surface area contributed by atoms with Gasteiger partial charge in [-0.05, 0) is 38.9 Å². The fourth-order valence-electron chi connectivity index (χ4n) is 2.46. The molecule has 1 aromatic carbocycles. The number of nitro benzene ring substituents is 1. The molecule has 5 nitrogen and oxygen atoms in total. The van der Waals surface area contributed by atoms with Gasteiger partial charge in [-0.15, -0.1) is 0 Å².